The minimum Gasteiger partial charge on any atom is -0.459 e. The lowest BCUT2D eigenvalue weighted by molar-refractivity contribution is 0.0947. The standard InChI is InChI=1S/C21H16N4O4/c26-19(16-13-22-18-8-1-2-9-25(18)21(16)28)23-12-14-5-3-6-15(11-14)24-20(27)17-7-4-10-29-17/h1-11,13H,12H2,(H,23,26)(H,24,27). The van der Waals surface area contributed by atoms with Crippen LogP contribution in [0.15, 0.2) is 82.5 Å². The Morgan fingerprint density at radius 2 is 1.93 bits per heavy atom. The summed E-state index contributed by atoms with van der Waals surface area (Å²) in [7, 11) is 0. The molecule has 2 N–H and O–H groups in total. The molecule has 4 rings (SSSR count). The van der Waals surface area contributed by atoms with Crippen LogP contribution in [0, 0.1) is 0 Å². The van der Waals surface area contributed by atoms with Gasteiger partial charge in [0.15, 0.2) is 5.76 Å². The molecule has 3 heterocycles. The zero-order valence-corrected chi connectivity index (χ0v) is 15.2. The van der Waals surface area contributed by atoms with Crippen LogP contribution in [0.4, 0.5) is 5.69 Å². The lowest BCUT2D eigenvalue weighted by Gasteiger charge is -2.08. The Morgan fingerprint density at radius 1 is 1.03 bits per heavy atom. The van der Waals surface area contributed by atoms with Crippen LogP contribution in [-0.2, 0) is 6.54 Å². The van der Waals surface area contributed by atoms with Crippen molar-refractivity contribution in [2.75, 3.05) is 5.32 Å². The zero-order chi connectivity index (χ0) is 20.2. The summed E-state index contributed by atoms with van der Waals surface area (Å²) in [6, 6.07) is 15.4. The number of benzene rings is 1. The molecule has 0 saturated heterocycles. The molecule has 0 fully saturated rings. The minimum absolute atomic E-state index is 0.0454. The molecule has 4 aromatic rings. The van der Waals surface area contributed by atoms with Crippen LogP contribution in [0.5, 0.6) is 0 Å². The van der Waals surface area contributed by atoms with E-state index < -0.39 is 11.5 Å². The maximum absolute atomic E-state index is 12.5. The molecule has 0 atom stereocenters. The van der Waals surface area contributed by atoms with Crippen molar-refractivity contribution >= 4 is 23.1 Å². The van der Waals surface area contributed by atoms with Crippen LogP contribution in [0.3, 0.4) is 0 Å². The lowest BCUT2D eigenvalue weighted by Crippen LogP contribution is -2.31. The quantitative estimate of drug-likeness (QED) is 0.546. The Labute approximate surface area is 164 Å². The molecule has 0 spiro atoms. The molecule has 144 valence electrons. The number of nitrogens with one attached hydrogen (secondary N) is 2. The number of amides is 2. The highest BCUT2D eigenvalue weighted by molar-refractivity contribution is 6.02. The van der Waals surface area contributed by atoms with E-state index in [1.165, 1.54) is 16.9 Å². The van der Waals surface area contributed by atoms with Crippen LogP contribution in [0.2, 0.25) is 0 Å². The predicted molar refractivity (Wildman–Crippen MR) is 106 cm³/mol. The second kappa shape index (κ2) is 7.81. The Bertz CT molecular complexity index is 1250. The van der Waals surface area contributed by atoms with Crippen LogP contribution in [0.25, 0.3) is 5.65 Å². The van der Waals surface area contributed by atoms with Crippen molar-refractivity contribution in [2.45, 2.75) is 6.54 Å². The van der Waals surface area contributed by atoms with Gasteiger partial charge in [-0.05, 0) is 42.0 Å². The van der Waals surface area contributed by atoms with Gasteiger partial charge in [0.05, 0.1) is 6.26 Å². The molecule has 0 bridgehead atoms. The normalized spacial score (nSPS) is 10.6. The fraction of sp³-hybridized carbons (Fsp3) is 0.0476. The summed E-state index contributed by atoms with van der Waals surface area (Å²) in [5.74, 6) is -0.690. The largest absolute Gasteiger partial charge is 0.459 e. The number of anilines is 1. The van der Waals surface area contributed by atoms with Gasteiger partial charge in [-0.15, -0.1) is 0 Å². The van der Waals surface area contributed by atoms with E-state index >= 15 is 0 Å². The lowest BCUT2D eigenvalue weighted by atomic mass is 10.2. The summed E-state index contributed by atoms with van der Waals surface area (Å²) in [4.78, 5) is 41.1. The first-order chi connectivity index (χ1) is 14.1. The predicted octanol–water partition coefficient (Wildman–Crippen LogP) is 2.47. The van der Waals surface area contributed by atoms with Crippen molar-refractivity contribution in [3.8, 4) is 0 Å². The first kappa shape index (κ1) is 18.2. The maximum atomic E-state index is 12.5. The second-order valence-electron chi connectivity index (χ2n) is 6.22. The SMILES string of the molecule is O=C(Nc1cccc(CNC(=O)c2cnc3ccccn3c2=O)c1)c1ccco1. The van der Waals surface area contributed by atoms with Crippen molar-refractivity contribution < 1.29 is 14.0 Å². The number of fused-ring (bicyclic) bond motifs is 1. The molecule has 29 heavy (non-hydrogen) atoms. The van der Waals surface area contributed by atoms with Crippen molar-refractivity contribution in [3.05, 3.63) is 100 Å². The van der Waals surface area contributed by atoms with Gasteiger partial charge < -0.3 is 15.1 Å². The fourth-order valence-corrected chi connectivity index (χ4v) is 2.82. The number of rotatable bonds is 5. The summed E-state index contributed by atoms with van der Waals surface area (Å²) in [5.41, 5.74) is 1.30. The van der Waals surface area contributed by atoms with E-state index in [2.05, 4.69) is 15.6 Å². The second-order valence-corrected chi connectivity index (χ2v) is 6.22. The summed E-state index contributed by atoms with van der Waals surface area (Å²) in [5, 5.41) is 5.43. The van der Waals surface area contributed by atoms with Crippen molar-refractivity contribution in [1.29, 1.82) is 0 Å². The van der Waals surface area contributed by atoms with Gasteiger partial charge in [-0.3, -0.25) is 18.8 Å². The summed E-state index contributed by atoms with van der Waals surface area (Å²) >= 11 is 0. The number of hydrogen-bond acceptors (Lipinski definition) is 5. The molecule has 0 radical (unpaired) electrons. The molecule has 0 aliphatic carbocycles. The third-order valence-corrected chi connectivity index (χ3v) is 4.24. The Kier molecular flexibility index (Phi) is 4.90. The molecular weight excluding hydrogens is 372 g/mol. The fourth-order valence-electron chi connectivity index (χ4n) is 2.82. The number of furan rings is 1. The first-order valence-corrected chi connectivity index (χ1v) is 8.80. The molecule has 1 aromatic carbocycles. The molecule has 3 aromatic heterocycles. The number of carbonyl (C=O) groups is 2. The summed E-state index contributed by atoms with van der Waals surface area (Å²) < 4.78 is 6.38. The zero-order valence-electron chi connectivity index (χ0n) is 15.2. The van der Waals surface area contributed by atoms with E-state index in [4.69, 9.17) is 4.42 Å². The maximum Gasteiger partial charge on any atom is 0.291 e. The van der Waals surface area contributed by atoms with Gasteiger partial charge in [0.1, 0.15) is 11.2 Å². The van der Waals surface area contributed by atoms with Gasteiger partial charge >= 0.3 is 0 Å². The Balaban J connectivity index is 1.45. The highest BCUT2D eigenvalue weighted by atomic mass is 16.3. The van der Waals surface area contributed by atoms with Gasteiger partial charge in [-0.25, -0.2) is 4.98 Å². The third kappa shape index (κ3) is 3.91. The van der Waals surface area contributed by atoms with E-state index in [0.717, 1.165) is 5.56 Å². The number of pyridine rings is 1. The highest BCUT2D eigenvalue weighted by Gasteiger charge is 2.13. The van der Waals surface area contributed by atoms with Crippen molar-refractivity contribution in [3.63, 3.8) is 0 Å². The molecular formula is C21H16N4O4. The molecule has 0 aliphatic heterocycles. The number of hydrogen-bond donors (Lipinski definition) is 2. The van der Waals surface area contributed by atoms with Gasteiger partial charge in [0, 0.05) is 24.6 Å². The molecule has 8 nitrogen and oxygen atoms in total. The van der Waals surface area contributed by atoms with Crippen LogP contribution in [0.1, 0.15) is 26.5 Å². The number of carbonyl (C=O) groups excluding carboxylic acids is 2. The van der Waals surface area contributed by atoms with E-state index in [-0.39, 0.29) is 23.8 Å². The number of nitrogens with zero attached hydrogens (tertiary/aromatic N) is 2. The summed E-state index contributed by atoms with van der Waals surface area (Å²) in [6.45, 7) is 0.181. The number of aromatic nitrogens is 2. The average molecular weight is 388 g/mol. The van der Waals surface area contributed by atoms with E-state index in [0.29, 0.717) is 11.3 Å². The topological polar surface area (TPSA) is 106 Å². The van der Waals surface area contributed by atoms with Crippen LogP contribution < -0.4 is 16.2 Å². The van der Waals surface area contributed by atoms with E-state index in [1.54, 1.807) is 60.8 Å². The van der Waals surface area contributed by atoms with E-state index in [1.807, 2.05) is 0 Å². The monoisotopic (exact) mass is 388 g/mol. The highest BCUT2D eigenvalue weighted by Crippen LogP contribution is 2.13. The molecule has 0 unspecified atom stereocenters. The molecule has 2 amide bonds. The van der Waals surface area contributed by atoms with Crippen LogP contribution in [-0.4, -0.2) is 21.2 Å². The first-order valence-electron chi connectivity index (χ1n) is 8.80. The minimum atomic E-state index is -0.522. The molecule has 0 saturated carbocycles. The van der Waals surface area contributed by atoms with Crippen LogP contribution >= 0.6 is 0 Å². The third-order valence-electron chi connectivity index (χ3n) is 4.24. The average Bonchev–Trinajstić information content (AvgIpc) is 3.28. The van der Waals surface area contributed by atoms with Crippen molar-refractivity contribution in [1.82, 2.24) is 14.7 Å². The Morgan fingerprint density at radius 3 is 2.76 bits per heavy atom. The smallest absolute Gasteiger partial charge is 0.291 e. The Hall–Kier alpha value is -4.20. The summed E-state index contributed by atoms with van der Waals surface area (Å²) in [6.07, 6.45) is 4.25. The molecule has 0 aliphatic rings. The van der Waals surface area contributed by atoms with Gasteiger partial charge in [0.2, 0.25) is 0 Å². The van der Waals surface area contributed by atoms with Gasteiger partial charge in [0.25, 0.3) is 17.4 Å². The van der Waals surface area contributed by atoms with Gasteiger partial charge in [-0.1, -0.05) is 18.2 Å². The van der Waals surface area contributed by atoms with Crippen molar-refractivity contribution in [2.24, 2.45) is 0 Å². The van der Waals surface area contributed by atoms with E-state index in [9.17, 15) is 14.4 Å². The molecule has 8 heteroatoms. The van der Waals surface area contributed by atoms with Gasteiger partial charge in [-0.2, -0.15) is 0 Å².